The molecule has 0 aromatic heterocycles. The van der Waals surface area contributed by atoms with E-state index in [1.807, 2.05) is 18.2 Å². The molecule has 3 atom stereocenters. The predicted octanol–water partition coefficient (Wildman–Crippen LogP) is 3.66. The largest absolute Gasteiger partial charge is 0.488 e. The summed E-state index contributed by atoms with van der Waals surface area (Å²) in [6.07, 6.45) is 3.95. The Morgan fingerprint density at radius 3 is 2.74 bits per heavy atom. The number of ether oxygens (including phenoxy) is 1. The second-order valence-electron chi connectivity index (χ2n) is 5.09. The number of nitrogens with zero attached hydrogens (tertiary/aromatic N) is 2. The van der Waals surface area contributed by atoms with Gasteiger partial charge in [0, 0.05) is 0 Å². The Kier molecular flexibility index (Phi) is 4.42. The quantitative estimate of drug-likeness (QED) is 0.827. The van der Waals surface area contributed by atoms with E-state index in [1.165, 1.54) is 0 Å². The third-order valence-corrected chi connectivity index (χ3v) is 3.93. The van der Waals surface area contributed by atoms with Gasteiger partial charge >= 0.3 is 0 Å². The standard InChI is InChI=1S/C16H18N2O/c1-2-12-7-8-14(11-18)16(9-12)19-15-6-4-3-5-13(15)10-17/h3-6,12,14,16H,2,7-9H2,1H3. The van der Waals surface area contributed by atoms with Crippen LogP contribution in [-0.4, -0.2) is 6.10 Å². The molecular formula is C16H18N2O. The monoisotopic (exact) mass is 254 g/mol. The van der Waals surface area contributed by atoms with Crippen LogP contribution >= 0.6 is 0 Å². The Morgan fingerprint density at radius 2 is 2.05 bits per heavy atom. The molecular weight excluding hydrogens is 236 g/mol. The van der Waals surface area contributed by atoms with Crippen LogP contribution in [0.2, 0.25) is 0 Å². The summed E-state index contributed by atoms with van der Waals surface area (Å²) < 4.78 is 5.97. The van der Waals surface area contributed by atoms with Gasteiger partial charge in [0.25, 0.3) is 0 Å². The molecule has 0 amide bonds. The zero-order valence-electron chi connectivity index (χ0n) is 11.2. The highest BCUT2D eigenvalue weighted by Gasteiger charge is 2.31. The summed E-state index contributed by atoms with van der Waals surface area (Å²) in [4.78, 5) is 0. The van der Waals surface area contributed by atoms with Crippen molar-refractivity contribution in [2.45, 2.75) is 38.7 Å². The summed E-state index contributed by atoms with van der Waals surface area (Å²) in [7, 11) is 0. The Labute approximate surface area is 114 Å². The Morgan fingerprint density at radius 1 is 1.26 bits per heavy atom. The van der Waals surface area contributed by atoms with Gasteiger partial charge in [0.1, 0.15) is 17.9 Å². The third kappa shape index (κ3) is 3.06. The number of hydrogen-bond donors (Lipinski definition) is 0. The molecule has 19 heavy (non-hydrogen) atoms. The minimum Gasteiger partial charge on any atom is -0.488 e. The molecule has 0 heterocycles. The van der Waals surface area contributed by atoms with E-state index in [2.05, 4.69) is 19.1 Å². The van der Waals surface area contributed by atoms with Gasteiger partial charge in [-0.1, -0.05) is 25.5 Å². The van der Waals surface area contributed by atoms with E-state index in [0.29, 0.717) is 17.2 Å². The molecule has 1 saturated carbocycles. The van der Waals surface area contributed by atoms with Gasteiger partial charge in [-0.2, -0.15) is 10.5 Å². The highest BCUT2D eigenvalue weighted by molar-refractivity contribution is 5.42. The summed E-state index contributed by atoms with van der Waals surface area (Å²) in [6.45, 7) is 2.18. The first kappa shape index (κ1) is 13.4. The second-order valence-corrected chi connectivity index (χ2v) is 5.09. The van der Waals surface area contributed by atoms with E-state index in [0.717, 1.165) is 25.7 Å². The summed E-state index contributed by atoms with van der Waals surface area (Å²) in [5, 5.41) is 18.3. The second kappa shape index (κ2) is 6.25. The summed E-state index contributed by atoms with van der Waals surface area (Å²) >= 11 is 0. The van der Waals surface area contributed by atoms with Crippen molar-refractivity contribution < 1.29 is 4.74 Å². The number of nitriles is 2. The van der Waals surface area contributed by atoms with Gasteiger partial charge in [-0.25, -0.2) is 0 Å². The Balaban J connectivity index is 2.15. The lowest BCUT2D eigenvalue weighted by Crippen LogP contribution is -2.33. The summed E-state index contributed by atoms with van der Waals surface area (Å²) in [5.74, 6) is 1.17. The van der Waals surface area contributed by atoms with Crippen LogP contribution in [0, 0.1) is 34.5 Å². The first-order valence-electron chi connectivity index (χ1n) is 6.83. The molecule has 3 unspecified atom stereocenters. The van der Waals surface area contributed by atoms with E-state index < -0.39 is 0 Å². The average Bonchev–Trinajstić information content (AvgIpc) is 2.47. The first-order chi connectivity index (χ1) is 9.28. The molecule has 0 aliphatic heterocycles. The molecule has 1 aromatic carbocycles. The third-order valence-electron chi connectivity index (χ3n) is 3.93. The SMILES string of the molecule is CCC1CCC(C#N)C(Oc2ccccc2C#N)C1. The van der Waals surface area contributed by atoms with Crippen molar-refractivity contribution in [3.8, 4) is 17.9 Å². The highest BCUT2D eigenvalue weighted by Crippen LogP contribution is 2.34. The first-order valence-corrected chi connectivity index (χ1v) is 6.83. The van der Waals surface area contributed by atoms with Crippen molar-refractivity contribution in [2.75, 3.05) is 0 Å². The maximum atomic E-state index is 9.23. The van der Waals surface area contributed by atoms with Crippen LogP contribution in [0.1, 0.15) is 38.2 Å². The van der Waals surface area contributed by atoms with Crippen molar-refractivity contribution in [2.24, 2.45) is 11.8 Å². The normalized spacial score (nSPS) is 26.2. The van der Waals surface area contributed by atoms with Gasteiger partial charge in [0.2, 0.25) is 0 Å². The van der Waals surface area contributed by atoms with Crippen LogP contribution in [0.5, 0.6) is 5.75 Å². The molecule has 0 bridgehead atoms. The fourth-order valence-electron chi connectivity index (χ4n) is 2.69. The number of benzene rings is 1. The molecule has 0 radical (unpaired) electrons. The Hall–Kier alpha value is -2.00. The van der Waals surface area contributed by atoms with E-state index in [4.69, 9.17) is 10.00 Å². The maximum Gasteiger partial charge on any atom is 0.137 e. The maximum absolute atomic E-state index is 9.23. The highest BCUT2D eigenvalue weighted by atomic mass is 16.5. The van der Waals surface area contributed by atoms with E-state index in [9.17, 15) is 5.26 Å². The minimum atomic E-state index is -0.0850. The van der Waals surface area contributed by atoms with Crippen molar-refractivity contribution in [1.82, 2.24) is 0 Å². The minimum absolute atomic E-state index is 0.0606. The zero-order chi connectivity index (χ0) is 13.7. The molecule has 1 fully saturated rings. The predicted molar refractivity (Wildman–Crippen MR) is 72.3 cm³/mol. The average molecular weight is 254 g/mol. The fourth-order valence-corrected chi connectivity index (χ4v) is 2.69. The van der Waals surface area contributed by atoms with Crippen LogP contribution in [0.3, 0.4) is 0 Å². The van der Waals surface area contributed by atoms with Gasteiger partial charge in [-0.3, -0.25) is 0 Å². The van der Waals surface area contributed by atoms with Gasteiger partial charge in [-0.15, -0.1) is 0 Å². The topological polar surface area (TPSA) is 56.8 Å². The lowest BCUT2D eigenvalue weighted by atomic mass is 9.79. The van der Waals surface area contributed by atoms with E-state index >= 15 is 0 Å². The van der Waals surface area contributed by atoms with E-state index in [1.54, 1.807) is 6.07 Å². The summed E-state index contributed by atoms with van der Waals surface area (Å²) in [6, 6.07) is 11.7. The van der Waals surface area contributed by atoms with Gasteiger partial charge in [0.15, 0.2) is 0 Å². The van der Waals surface area contributed by atoms with Crippen LogP contribution < -0.4 is 4.74 Å². The van der Waals surface area contributed by atoms with Crippen LogP contribution in [-0.2, 0) is 0 Å². The molecule has 1 aliphatic rings. The molecule has 98 valence electrons. The number of hydrogen-bond acceptors (Lipinski definition) is 3. The van der Waals surface area contributed by atoms with Crippen molar-refractivity contribution in [3.05, 3.63) is 29.8 Å². The molecule has 3 nitrogen and oxygen atoms in total. The van der Waals surface area contributed by atoms with Crippen LogP contribution in [0.25, 0.3) is 0 Å². The van der Waals surface area contributed by atoms with Gasteiger partial charge < -0.3 is 4.74 Å². The fraction of sp³-hybridized carbons (Fsp3) is 0.500. The molecule has 2 rings (SSSR count). The van der Waals surface area contributed by atoms with Crippen LogP contribution in [0.15, 0.2) is 24.3 Å². The van der Waals surface area contributed by atoms with Crippen molar-refractivity contribution in [3.63, 3.8) is 0 Å². The number of para-hydroxylation sites is 1. The number of rotatable bonds is 3. The lowest BCUT2D eigenvalue weighted by Gasteiger charge is -2.32. The molecule has 0 saturated heterocycles. The van der Waals surface area contributed by atoms with Gasteiger partial charge in [-0.05, 0) is 37.3 Å². The van der Waals surface area contributed by atoms with Gasteiger partial charge in [0.05, 0.1) is 17.6 Å². The Bertz CT molecular complexity index is 512. The zero-order valence-corrected chi connectivity index (χ0v) is 11.2. The van der Waals surface area contributed by atoms with E-state index in [-0.39, 0.29) is 12.0 Å². The lowest BCUT2D eigenvalue weighted by molar-refractivity contribution is 0.0890. The van der Waals surface area contributed by atoms with Crippen molar-refractivity contribution in [1.29, 1.82) is 10.5 Å². The molecule has 3 heteroatoms. The van der Waals surface area contributed by atoms with Crippen LogP contribution in [0.4, 0.5) is 0 Å². The smallest absolute Gasteiger partial charge is 0.137 e. The summed E-state index contributed by atoms with van der Waals surface area (Å²) in [5.41, 5.74) is 0.540. The molecule has 1 aliphatic carbocycles. The molecule has 0 N–H and O–H groups in total. The molecule has 1 aromatic rings. The van der Waals surface area contributed by atoms with Crippen molar-refractivity contribution >= 4 is 0 Å². The molecule has 0 spiro atoms.